The van der Waals surface area contributed by atoms with E-state index in [-0.39, 0.29) is 10.6 Å². The molecule has 0 atom stereocenters. The Hall–Kier alpha value is -3.21. The first-order valence-electron chi connectivity index (χ1n) is 7.03. The number of hydrogen-bond donors (Lipinski definition) is 0. The third kappa shape index (κ3) is 3.03. The van der Waals surface area contributed by atoms with Gasteiger partial charge in [0.05, 0.1) is 23.1 Å². The van der Waals surface area contributed by atoms with Crippen molar-refractivity contribution in [3.63, 3.8) is 0 Å². The molecule has 114 valence electrons. The van der Waals surface area contributed by atoms with Gasteiger partial charge in [-0.25, -0.2) is 0 Å². The molecule has 0 bridgehead atoms. The molecule has 1 aromatic heterocycles. The fraction of sp³-hybridized carbons (Fsp3) is 0.0556. The highest BCUT2D eigenvalue weighted by molar-refractivity contribution is 5.91. The van der Waals surface area contributed by atoms with Gasteiger partial charge in [-0.3, -0.25) is 15.1 Å². The molecule has 0 aliphatic carbocycles. The van der Waals surface area contributed by atoms with Crippen LogP contribution in [0.4, 0.5) is 5.69 Å². The van der Waals surface area contributed by atoms with Crippen molar-refractivity contribution in [3.05, 3.63) is 76.0 Å². The van der Waals surface area contributed by atoms with E-state index in [1.807, 2.05) is 30.3 Å². The van der Waals surface area contributed by atoms with E-state index in [2.05, 4.69) is 4.98 Å². The standard InChI is InChI=1S/C18H14N2O3/c1-23-15-8-9-17-16(12-15)13(10-11-19-17)6-7-14-4-2-3-5-18(14)20(21)22/h2-12H,1H3. The lowest BCUT2D eigenvalue weighted by atomic mass is 10.1. The number of nitrogens with zero attached hydrogens (tertiary/aromatic N) is 2. The summed E-state index contributed by atoms with van der Waals surface area (Å²) in [5.74, 6) is 0.742. The summed E-state index contributed by atoms with van der Waals surface area (Å²) >= 11 is 0. The molecule has 0 radical (unpaired) electrons. The quantitative estimate of drug-likeness (QED) is 0.532. The molecule has 3 rings (SSSR count). The SMILES string of the molecule is COc1ccc2nccc(C=Cc3ccccc3[N+](=O)[O-])c2c1. The van der Waals surface area contributed by atoms with Crippen molar-refractivity contribution < 1.29 is 9.66 Å². The molecule has 0 saturated heterocycles. The van der Waals surface area contributed by atoms with Crippen LogP contribution in [0.2, 0.25) is 0 Å². The second-order valence-corrected chi connectivity index (χ2v) is 4.93. The van der Waals surface area contributed by atoms with Gasteiger partial charge in [0, 0.05) is 17.6 Å². The third-order valence-electron chi connectivity index (χ3n) is 3.56. The first-order chi connectivity index (χ1) is 11.2. The summed E-state index contributed by atoms with van der Waals surface area (Å²) in [6.45, 7) is 0. The Bertz CT molecular complexity index is 904. The number of nitro groups is 1. The monoisotopic (exact) mass is 306 g/mol. The van der Waals surface area contributed by atoms with Gasteiger partial charge in [0.15, 0.2) is 0 Å². The van der Waals surface area contributed by atoms with Crippen molar-refractivity contribution in [1.29, 1.82) is 0 Å². The first kappa shape index (κ1) is 14.7. The summed E-state index contributed by atoms with van der Waals surface area (Å²) < 4.78 is 5.25. The molecule has 1 heterocycles. The first-order valence-corrected chi connectivity index (χ1v) is 7.03. The summed E-state index contributed by atoms with van der Waals surface area (Å²) in [4.78, 5) is 15.0. The summed E-state index contributed by atoms with van der Waals surface area (Å²) in [7, 11) is 1.61. The summed E-state index contributed by atoms with van der Waals surface area (Å²) in [5, 5.41) is 12.0. The zero-order chi connectivity index (χ0) is 16.2. The van der Waals surface area contributed by atoms with Crippen LogP contribution >= 0.6 is 0 Å². The van der Waals surface area contributed by atoms with Gasteiger partial charge in [0.1, 0.15) is 5.75 Å². The van der Waals surface area contributed by atoms with Crippen LogP contribution in [0, 0.1) is 10.1 Å². The molecule has 0 fully saturated rings. The molecular weight excluding hydrogens is 292 g/mol. The van der Waals surface area contributed by atoms with Crippen molar-refractivity contribution in [1.82, 2.24) is 4.98 Å². The number of para-hydroxylation sites is 1. The Morgan fingerprint density at radius 3 is 2.65 bits per heavy atom. The van der Waals surface area contributed by atoms with Gasteiger partial charge < -0.3 is 4.74 Å². The number of hydrogen-bond acceptors (Lipinski definition) is 4. The maximum Gasteiger partial charge on any atom is 0.276 e. The van der Waals surface area contributed by atoms with E-state index in [1.54, 1.807) is 37.6 Å². The van der Waals surface area contributed by atoms with Crippen LogP contribution in [0.3, 0.4) is 0 Å². The maximum atomic E-state index is 11.1. The normalized spacial score (nSPS) is 11.0. The minimum Gasteiger partial charge on any atom is -0.497 e. The van der Waals surface area contributed by atoms with Crippen LogP contribution in [0.5, 0.6) is 5.75 Å². The third-order valence-corrected chi connectivity index (χ3v) is 3.56. The van der Waals surface area contributed by atoms with Crippen molar-refractivity contribution in [2.24, 2.45) is 0 Å². The van der Waals surface area contributed by atoms with E-state index in [0.717, 1.165) is 22.2 Å². The Morgan fingerprint density at radius 2 is 1.87 bits per heavy atom. The van der Waals surface area contributed by atoms with E-state index in [9.17, 15) is 10.1 Å². The summed E-state index contributed by atoms with van der Waals surface area (Å²) in [6, 6.07) is 14.2. The maximum absolute atomic E-state index is 11.1. The Kier molecular flexibility index (Phi) is 4.01. The van der Waals surface area contributed by atoms with Crippen LogP contribution in [0.1, 0.15) is 11.1 Å². The fourth-order valence-electron chi connectivity index (χ4n) is 2.39. The van der Waals surface area contributed by atoms with Gasteiger partial charge >= 0.3 is 0 Å². The van der Waals surface area contributed by atoms with Gasteiger partial charge in [-0.15, -0.1) is 0 Å². The van der Waals surface area contributed by atoms with Crippen molar-refractivity contribution in [2.75, 3.05) is 7.11 Å². The molecule has 0 unspecified atom stereocenters. The van der Waals surface area contributed by atoms with E-state index in [1.165, 1.54) is 6.07 Å². The van der Waals surface area contributed by atoms with Crippen LogP contribution in [0.15, 0.2) is 54.7 Å². The molecule has 2 aromatic carbocycles. The highest BCUT2D eigenvalue weighted by atomic mass is 16.6. The molecule has 0 amide bonds. The van der Waals surface area contributed by atoms with Gasteiger partial charge in [0.25, 0.3) is 5.69 Å². The molecule has 0 saturated carbocycles. The number of methoxy groups -OCH3 is 1. The second kappa shape index (κ2) is 6.27. The Balaban J connectivity index is 2.06. The van der Waals surface area contributed by atoms with Gasteiger partial charge in [-0.1, -0.05) is 18.2 Å². The van der Waals surface area contributed by atoms with Crippen LogP contribution < -0.4 is 4.74 Å². The topological polar surface area (TPSA) is 65.3 Å². The molecular formula is C18H14N2O3. The summed E-state index contributed by atoms with van der Waals surface area (Å²) in [5.41, 5.74) is 2.41. The number of rotatable bonds is 4. The van der Waals surface area contributed by atoms with Gasteiger partial charge in [-0.2, -0.15) is 0 Å². The zero-order valence-corrected chi connectivity index (χ0v) is 12.5. The highest BCUT2D eigenvalue weighted by Crippen LogP contribution is 2.25. The molecule has 5 heteroatoms. The lowest BCUT2D eigenvalue weighted by Crippen LogP contribution is -1.90. The van der Waals surface area contributed by atoms with Crippen LogP contribution in [-0.2, 0) is 0 Å². The van der Waals surface area contributed by atoms with E-state index < -0.39 is 0 Å². The average Bonchev–Trinajstić information content (AvgIpc) is 2.59. The number of ether oxygens (including phenoxy) is 1. The number of benzene rings is 2. The van der Waals surface area contributed by atoms with E-state index in [0.29, 0.717) is 5.56 Å². The molecule has 3 aromatic rings. The molecule has 0 N–H and O–H groups in total. The largest absolute Gasteiger partial charge is 0.497 e. The minimum atomic E-state index is -0.382. The molecule has 23 heavy (non-hydrogen) atoms. The molecule has 5 nitrogen and oxygen atoms in total. The fourth-order valence-corrected chi connectivity index (χ4v) is 2.39. The van der Waals surface area contributed by atoms with E-state index >= 15 is 0 Å². The number of fused-ring (bicyclic) bond motifs is 1. The predicted octanol–water partition coefficient (Wildman–Crippen LogP) is 4.32. The second-order valence-electron chi connectivity index (χ2n) is 4.93. The average molecular weight is 306 g/mol. The minimum absolute atomic E-state index is 0.0830. The molecule has 0 aliphatic heterocycles. The van der Waals surface area contributed by atoms with Crippen molar-refractivity contribution in [2.45, 2.75) is 0 Å². The van der Waals surface area contributed by atoms with Crippen LogP contribution in [0.25, 0.3) is 23.1 Å². The molecule has 0 spiro atoms. The van der Waals surface area contributed by atoms with Crippen molar-refractivity contribution >= 4 is 28.7 Å². The lowest BCUT2D eigenvalue weighted by Gasteiger charge is -2.05. The zero-order valence-electron chi connectivity index (χ0n) is 12.5. The lowest BCUT2D eigenvalue weighted by molar-refractivity contribution is -0.385. The highest BCUT2D eigenvalue weighted by Gasteiger charge is 2.09. The van der Waals surface area contributed by atoms with Crippen molar-refractivity contribution in [3.8, 4) is 5.75 Å². The smallest absolute Gasteiger partial charge is 0.276 e. The number of aromatic nitrogens is 1. The Labute approximate surface area is 133 Å². The number of nitro benzene ring substituents is 1. The van der Waals surface area contributed by atoms with E-state index in [4.69, 9.17) is 4.74 Å². The summed E-state index contributed by atoms with van der Waals surface area (Å²) in [6.07, 6.45) is 5.31. The molecule has 0 aliphatic rings. The number of pyridine rings is 1. The van der Waals surface area contributed by atoms with Gasteiger partial charge in [-0.05, 0) is 42.0 Å². The Morgan fingerprint density at radius 1 is 1.09 bits per heavy atom. The van der Waals surface area contributed by atoms with Gasteiger partial charge in [0.2, 0.25) is 0 Å². The predicted molar refractivity (Wildman–Crippen MR) is 90.3 cm³/mol. The van der Waals surface area contributed by atoms with Crippen LogP contribution in [-0.4, -0.2) is 17.0 Å².